The van der Waals surface area contributed by atoms with Crippen LogP contribution in [-0.2, 0) is 14.8 Å². The Hall–Kier alpha value is -1.96. The van der Waals surface area contributed by atoms with E-state index in [0.29, 0.717) is 37.1 Å². The third kappa shape index (κ3) is 6.02. The number of hydrogen-bond donors (Lipinski definition) is 0. The summed E-state index contributed by atoms with van der Waals surface area (Å²) in [6.45, 7) is 9.41. The molecule has 0 spiro atoms. The van der Waals surface area contributed by atoms with Crippen molar-refractivity contribution in [1.82, 2.24) is 4.90 Å². The first kappa shape index (κ1) is 21.3. The standard InChI is InChI=1S/C19H30N2O5S/c1-14-11-21(18(22)26-19(2,3)4)12-15(14)13-25-17-9-7-16(8-10-17)20(5)27(6,23)24/h7-10,14-15H,11-13H2,1-6H3/t14-,15+/m0/s1. The molecule has 1 amide bonds. The summed E-state index contributed by atoms with van der Waals surface area (Å²) in [6, 6.07) is 6.92. The molecule has 7 nitrogen and oxygen atoms in total. The van der Waals surface area contributed by atoms with Gasteiger partial charge in [-0.05, 0) is 51.0 Å². The number of nitrogens with zero attached hydrogens (tertiary/aromatic N) is 2. The molecule has 2 atom stereocenters. The average Bonchev–Trinajstić information content (AvgIpc) is 2.91. The molecule has 27 heavy (non-hydrogen) atoms. The quantitative estimate of drug-likeness (QED) is 0.762. The number of sulfonamides is 1. The van der Waals surface area contributed by atoms with E-state index in [1.165, 1.54) is 11.4 Å². The minimum absolute atomic E-state index is 0.218. The molecule has 0 bridgehead atoms. The van der Waals surface area contributed by atoms with Gasteiger partial charge in [0.25, 0.3) is 0 Å². The van der Waals surface area contributed by atoms with Gasteiger partial charge in [-0.15, -0.1) is 0 Å². The second-order valence-corrected chi connectivity index (χ2v) is 10.2. The maximum atomic E-state index is 12.2. The largest absolute Gasteiger partial charge is 0.493 e. The van der Waals surface area contributed by atoms with E-state index in [-0.39, 0.29) is 12.0 Å². The first-order chi connectivity index (χ1) is 12.4. The van der Waals surface area contributed by atoms with Gasteiger partial charge in [0.2, 0.25) is 10.0 Å². The van der Waals surface area contributed by atoms with Gasteiger partial charge in [-0.2, -0.15) is 0 Å². The Balaban J connectivity index is 1.90. The zero-order valence-corrected chi connectivity index (χ0v) is 17.7. The van der Waals surface area contributed by atoms with Crippen molar-refractivity contribution in [2.45, 2.75) is 33.3 Å². The Morgan fingerprint density at radius 1 is 1.22 bits per heavy atom. The molecule has 1 saturated heterocycles. The summed E-state index contributed by atoms with van der Waals surface area (Å²) in [7, 11) is -1.78. The molecule has 0 radical (unpaired) electrons. The molecule has 2 rings (SSSR count). The number of likely N-dealkylation sites (tertiary alicyclic amines) is 1. The first-order valence-electron chi connectivity index (χ1n) is 9.01. The van der Waals surface area contributed by atoms with Crippen molar-refractivity contribution in [1.29, 1.82) is 0 Å². The van der Waals surface area contributed by atoms with Crippen molar-refractivity contribution in [2.24, 2.45) is 11.8 Å². The third-order valence-corrected chi connectivity index (χ3v) is 5.79. The Kier molecular flexibility index (Phi) is 6.29. The molecule has 0 aliphatic carbocycles. The van der Waals surface area contributed by atoms with E-state index in [1.54, 1.807) is 29.2 Å². The molecule has 0 aromatic heterocycles. The number of anilines is 1. The second-order valence-electron chi connectivity index (χ2n) is 8.16. The van der Waals surface area contributed by atoms with Crippen LogP contribution in [0.3, 0.4) is 0 Å². The lowest BCUT2D eigenvalue weighted by Gasteiger charge is -2.24. The minimum atomic E-state index is -3.29. The molecule has 8 heteroatoms. The maximum absolute atomic E-state index is 12.2. The molecule has 152 valence electrons. The summed E-state index contributed by atoms with van der Waals surface area (Å²) in [5.74, 6) is 1.20. The predicted molar refractivity (Wildman–Crippen MR) is 106 cm³/mol. The van der Waals surface area contributed by atoms with Gasteiger partial charge < -0.3 is 14.4 Å². The smallest absolute Gasteiger partial charge is 0.410 e. The molecule has 0 saturated carbocycles. The Labute approximate surface area is 162 Å². The molecule has 0 N–H and O–H groups in total. The summed E-state index contributed by atoms with van der Waals surface area (Å²) in [5, 5.41) is 0. The van der Waals surface area contributed by atoms with E-state index in [4.69, 9.17) is 9.47 Å². The van der Waals surface area contributed by atoms with Gasteiger partial charge in [0.05, 0.1) is 18.6 Å². The maximum Gasteiger partial charge on any atom is 0.410 e. The lowest BCUT2D eigenvalue weighted by atomic mass is 9.99. The lowest BCUT2D eigenvalue weighted by molar-refractivity contribution is 0.0282. The SMILES string of the molecule is C[C@H]1CN(C(=O)OC(C)(C)C)C[C@@H]1COc1ccc(N(C)S(C)(=O)=O)cc1. The highest BCUT2D eigenvalue weighted by atomic mass is 32.2. The first-order valence-corrected chi connectivity index (χ1v) is 10.9. The van der Waals surface area contributed by atoms with Gasteiger partial charge in [0.1, 0.15) is 11.4 Å². The van der Waals surface area contributed by atoms with Crippen LogP contribution in [0.2, 0.25) is 0 Å². The Bertz CT molecular complexity index is 755. The van der Waals surface area contributed by atoms with Crippen molar-refractivity contribution < 1.29 is 22.7 Å². The van der Waals surface area contributed by atoms with Gasteiger partial charge in [0.15, 0.2) is 0 Å². The molecule has 1 heterocycles. The van der Waals surface area contributed by atoms with E-state index < -0.39 is 15.6 Å². The fourth-order valence-electron chi connectivity index (χ4n) is 2.87. The van der Waals surface area contributed by atoms with Crippen molar-refractivity contribution >= 4 is 21.8 Å². The number of hydrogen-bond acceptors (Lipinski definition) is 5. The van der Waals surface area contributed by atoms with Crippen molar-refractivity contribution in [3.05, 3.63) is 24.3 Å². The van der Waals surface area contributed by atoms with Crippen LogP contribution in [0, 0.1) is 11.8 Å². The lowest BCUT2D eigenvalue weighted by Crippen LogP contribution is -2.35. The minimum Gasteiger partial charge on any atom is -0.493 e. The zero-order valence-electron chi connectivity index (χ0n) is 16.9. The Morgan fingerprint density at radius 2 is 1.81 bits per heavy atom. The average molecular weight is 399 g/mol. The number of benzene rings is 1. The fraction of sp³-hybridized carbons (Fsp3) is 0.632. The highest BCUT2D eigenvalue weighted by Gasteiger charge is 2.35. The van der Waals surface area contributed by atoms with Gasteiger partial charge >= 0.3 is 6.09 Å². The van der Waals surface area contributed by atoms with Crippen LogP contribution < -0.4 is 9.04 Å². The van der Waals surface area contributed by atoms with Crippen molar-refractivity contribution in [3.63, 3.8) is 0 Å². The van der Waals surface area contributed by atoms with Gasteiger partial charge in [-0.1, -0.05) is 6.92 Å². The molecule has 0 unspecified atom stereocenters. The van der Waals surface area contributed by atoms with E-state index in [0.717, 1.165) is 6.26 Å². The highest BCUT2D eigenvalue weighted by Crippen LogP contribution is 2.26. The van der Waals surface area contributed by atoms with Crippen LogP contribution in [-0.4, -0.2) is 58.0 Å². The molecule has 1 aliphatic rings. The number of rotatable bonds is 5. The van der Waals surface area contributed by atoms with Crippen LogP contribution in [0.5, 0.6) is 5.75 Å². The van der Waals surface area contributed by atoms with E-state index in [1.807, 2.05) is 20.8 Å². The summed E-state index contributed by atoms with van der Waals surface area (Å²) in [4.78, 5) is 13.9. The summed E-state index contributed by atoms with van der Waals surface area (Å²) < 4.78 is 35.7. The van der Waals surface area contributed by atoms with E-state index in [2.05, 4.69) is 6.92 Å². The molecule has 1 aromatic rings. The fourth-order valence-corrected chi connectivity index (χ4v) is 3.38. The van der Waals surface area contributed by atoms with E-state index >= 15 is 0 Å². The van der Waals surface area contributed by atoms with Crippen LogP contribution in [0.1, 0.15) is 27.7 Å². The summed E-state index contributed by atoms with van der Waals surface area (Å²) >= 11 is 0. The van der Waals surface area contributed by atoms with Gasteiger partial charge in [-0.25, -0.2) is 13.2 Å². The number of carbonyl (C=O) groups is 1. The van der Waals surface area contributed by atoms with Gasteiger partial charge in [0, 0.05) is 26.1 Å². The molecule has 1 aromatic carbocycles. The Morgan fingerprint density at radius 3 is 2.33 bits per heavy atom. The van der Waals surface area contributed by atoms with Crippen LogP contribution in [0.25, 0.3) is 0 Å². The third-order valence-electron chi connectivity index (χ3n) is 4.58. The number of carbonyl (C=O) groups excluding carboxylic acids is 1. The number of amides is 1. The molecular weight excluding hydrogens is 368 g/mol. The normalized spacial score (nSPS) is 20.4. The monoisotopic (exact) mass is 398 g/mol. The van der Waals surface area contributed by atoms with Crippen molar-refractivity contribution in [3.8, 4) is 5.75 Å². The highest BCUT2D eigenvalue weighted by molar-refractivity contribution is 7.92. The number of ether oxygens (including phenoxy) is 2. The zero-order chi connectivity index (χ0) is 20.4. The summed E-state index contributed by atoms with van der Waals surface area (Å²) in [5.41, 5.74) is 0.0747. The van der Waals surface area contributed by atoms with Gasteiger partial charge in [-0.3, -0.25) is 4.31 Å². The predicted octanol–water partition coefficient (Wildman–Crippen LogP) is 2.96. The molecular formula is C19H30N2O5S. The van der Waals surface area contributed by atoms with Crippen molar-refractivity contribution in [2.75, 3.05) is 37.3 Å². The second kappa shape index (κ2) is 7.96. The summed E-state index contributed by atoms with van der Waals surface area (Å²) in [6.07, 6.45) is 0.875. The van der Waals surface area contributed by atoms with Crippen LogP contribution in [0.4, 0.5) is 10.5 Å². The van der Waals surface area contributed by atoms with Crippen LogP contribution in [0.15, 0.2) is 24.3 Å². The molecule has 1 aliphatic heterocycles. The van der Waals surface area contributed by atoms with Crippen LogP contribution >= 0.6 is 0 Å². The van der Waals surface area contributed by atoms with E-state index in [9.17, 15) is 13.2 Å². The topological polar surface area (TPSA) is 76.2 Å². The molecule has 1 fully saturated rings.